The first kappa shape index (κ1) is 28.0. The summed E-state index contributed by atoms with van der Waals surface area (Å²) in [5.74, 6) is 1.06. The number of hydrogen-bond acceptors (Lipinski definition) is 2. The molecule has 3 nitrogen and oxygen atoms in total. The predicted molar refractivity (Wildman–Crippen MR) is 122 cm³/mol. The van der Waals surface area contributed by atoms with Crippen molar-refractivity contribution >= 4 is 18.9 Å². The second kappa shape index (κ2) is 14.9. The van der Waals surface area contributed by atoms with Crippen molar-refractivity contribution < 1.29 is 42.2 Å². The van der Waals surface area contributed by atoms with Gasteiger partial charge in [-0.25, -0.2) is 0 Å². The van der Waals surface area contributed by atoms with Crippen LogP contribution in [0.4, 0.5) is 5.69 Å². The van der Waals surface area contributed by atoms with Crippen LogP contribution < -0.4 is 10.1 Å². The first-order valence-electron chi connectivity index (χ1n) is 10.7. The molecule has 1 aromatic rings. The Balaban J connectivity index is 0.00000729. The van der Waals surface area contributed by atoms with Crippen molar-refractivity contribution in [1.82, 2.24) is 0 Å². The minimum Gasteiger partial charge on any atom is -0.497 e. The molecule has 5 heteroatoms. The molecule has 0 spiro atoms. The minimum atomic E-state index is -1.22. The summed E-state index contributed by atoms with van der Waals surface area (Å²) in [6, 6.07) is 3.99. The van der Waals surface area contributed by atoms with Crippen molar-refractivity contribution in [2.24, 2.45) is 0 Å². The van der Waals surface area contributed by atoms with Gasteiger partial charge in [-0.05, 0) is 56.4 Å². The van der Waals surface area contributed by atoms with Gasteiger partial charge < -0.3 is 10.1 Å². The number of anilines is 1. The third kappa shape index (κ3) is 9.23. The molecule has 28 heavy (non-hydrogen) atoms. The van der Waals surface area contributed by atoms with Crippen LogP contribution in [0.1, 0.15) is 70.4 Å². The molecular formula is C23H41NO2PY+. The van der Waals surface area contributed by atoms with Crippen LogP contribution in [0.3, 0.4) is 0 Å². The molecule has 157 valence electrons. The van der Waals surface area contributed by atoms with Crippen molar-refractivity contribution in [3.8, 4) is 5.75 Å². The Bertz CT molecular complexity index is 547. The Morgan fingerprint density at radius 3 is 1.71 bits per heavy atom. The summed E-state index contributed by atoms with van der Waals surface area (Å²) in [4.78, 5) is 13.1. The average Bonchev–Trinajstić information content (AvgIpc) is 2.65. The van der Waals surface area contributed by atoms with Gasteiger partial charge >= 0.3 is 0 Å². The van der Waals surface area contributed by atoms with Gasteiger partial charge in [-0.1, -0.05) is 40.0 Å². The average molecular weight is 483 g/mol. The van der Waals surface area contributed by atoms with E-state index < -0.39 is 7.26 Å². The van der Waals surface area contributed by atoms with Crippen LogP contribution in [0, 0.1) is 13.8 Å². The normalized spacial score (nSPS) is 11.1. The summed E-state index contributed by atoms with van der Waals surface area (Å²) in [5.41, 5.74) is 3.10. The molecule has 1 N–H and O–H groups in total. The van der Waals surface area contributed by atoms with Gasteiger partial charge in [-0.15, -0.1) is 0 Å². The Morgan fingerprint density at radius 2 is 1.36 bits per heavy atom. The first-order chi connectivity index (χ1) is 12.9. The fraction of sp³-hybridized carbons (Fsp3) is 0.696. The number of carbonyl (C=O) groups is 1. The van der Waals surface area contributed by atoms with E-state index in [1.807, 2.05) is 26.0 Å². The second-order valence-electron chi connectivity index (χ2n) is 7.92. The van der Waals surface area contributed by atoms with E-state index in [9.17, 15) is 4.79 Å². The molecule has 0 saturated heterocycles. The van der Waals surface area contributed by atoms with Gasteiger partial charge in [-0.2, -0.15) is 0 Å². The quantitative estimate of drug-likeness (QED) is 0.319. The molecule has 0 unspecified atom stereocenters. The van der Waals surface area contributed by atoms with E-state index in [0.29, 0.717) is 0 Å². The Kier molecular flexibility index (Phi) is 14.9. The molecule has 0 bridgehead atoms. The first-order valence-corrected chi connectivity index (χ1v) is 13.2. The number of hydrogen-bond donors (Lipinski definition) is 1. The van der Waals surface area contributed by atoms with Crippen molar-refractivity contribution in [2.75, 3.05) is 37.1 Å². The zero-order valence-corrected chi connectivity index (χ0v) is 22.8. The molecule has 1 aromatic carbocycles. The Morgan fingerprint density at radius 1 is 0.929 bits per heavy atom. The molecule has 0 aliphatic rings. The van der Waals surface area contributed by atoms with Crippen LogP contribution in [0.2, 0.25) is 0 Å². The molecule has 1 amide bonds. The SMILES string of the molecule is CCCC[P+](CCCC)(CCCC)CC(=O)Nc1c(C)cc(OC)cc1C.[Y]. The van der Waals surface area contributed by atoms with E-state index in [1.54, 1.807) is 7.11 Å². The number of methoxy groups -OCH3 is 1. The molecule has 0 heterocycles. The van der Waals surface area contributed by atoms with Crippen LogP contribution in [0.25, 0.3) is 0 Å². The van der Waals surface area contributed by atoms with Crippen molar-refractivity contribution in [3.05, 3.63) is 23.3 Å². The van der Waals surface area contributed by atoms with Gasteiger partial charge in [0.25, 0.3) is 5.91 Å². The third-order valence-corrected chi connectivity index (χ3v) is 10.2. The molecule has 1 radical (unpaired) electrons. The van der Waals surface area contributed by atoms with Gasteiger partial charge in [0.2, 0.25) is 0 Å². The molecular weight excluding hydrogens is 442 g/mol. The van der Waals surface area contributed by atoms with Crippen molar-refractivity contribution in [1.29, 1.82) is 0 Å². The second-order valence-corrected chi connectivity index (χ2v) is 12.3. The smallest absolute Gasteiger partial charge is 0.261 e. The molecule has 0 aromatic heterocycles. The van der Waals surface area contributed by atoms with E-state index in [1.165, 1.54) is 57.0 Å². The summed E-state index contributed by atoms with van der Waals surface area (Å²) in [5, 5.41) is 3.25. The summed E-state index contributed by atoms with van der Waals surface area (Å²) in [7, 11) is 0.460. The van der Waals surface area contributed by atoms with Gasteiger partial charge in [0.05, 0.1) is 25.6 Å². The zero-order chi connectivity index (χ0) is 20.3. The molecule has 1 rings (SSSR count). The van der Waals surface area contributed by atoms with Crippen LogP contribution in [-0.2, 0) is 37.5 Å². The molecule has 0 fully saturated rings. The van der Waals surface area contributed by atoms with E-state index in [2.05, 4.69) is 26.1 Å². The zero-order valence-electron chi connectivity index (χ0n) is 19.1. The van der Waals surface area contributed by atoms with E-state index in [0.717, 1.165) is 28.7 Å². The maximum Gasteiger partial charge on any atom is 0.261 e. The number of amides is 1. The summed E-state index contributed by atoms with van der Waals surface area (Å²) < 4.78 is 5.34. The third-order valence-electron chi connectivity index (χ3n) is 5.44. The standard InChI is InChI=1S/C23H40NO2P.Y/c1-7-10-13-27(14-11-8-2,15-12-9-3)18-22(25)24-23-19(4)16-21(26-6)17-20(23)5;/h16-17H,7-15,18H2,1-6H3;/p+1. The summed E-state index contributed by atoms with van der Waals surface area (Å²) in [6.45, 7) is 10.9. The fourth-order valence-electron chi connectivity index (χ4n) is 3.78. The number of carbonyl (C=O) groups excluding carboxylic acids is 1. The van der Waals surface area contributed by atoms with Crippen LogP contribution in [-0.4, -0.2) is 37.7 Å². The number of ether oxygens (including phenoxy) is 1. The fourth-order valence-corrected chi connectivity index (χ4v) is 8.57. The number of benzene rings is 1. The largest absolute Gasteiger partial charge is 0.497 e. The molecule has 0 atom stereocenters. The minimum absolute atomic E-state index is 0. The van der Waals surface area contributed by atoms with Crippen molar-refractivity contribution in [3.63, 3.8) is 0 Å². The summed E-state index contributed by atoms with van der Waals surface area (Å²) in [6.07, 6.45) is 12.0. The van der Waals surface area contributed by atoms with Crippen LogP contribution >= 0.6 is 7.26 Å². The van der Waals surface area contributed by atoms with Gasteiger partial charge in [0.15, 0.2) is 0 Å². The van der Waals surface area contributed by atoms with Crippen LogP contribution in [0.5, 0.6) is 5.75 Å². The number of unbranched alkanes of at least 4 members (excludes halogenated alkanes) is 3. The molecule has 0 aliphatic heterocycles. The van der Waals surface area contributed by atoms with E-state index in [4.69, 9.17) is 4.74 Å². The van der Waals surface area contributed by atoms with E-state index in [-0.39, 0.29) is 38.6 Å². The van der Waals surface area contributed by atoms with Crippen LogP contribution in [0.15, 0.2) is 12.1 Å². The van der Waals surface area contributed by atoms with Gasteiger partial charge in [0.1, 0.15) is 11.9 Å². The van der Waals surface area contributed by atoms with E-state index >= 15 is 0 Å². The summed E-state index contributed by atoms with van der Waals surface area (Å²) >= 11 is 0. The van der Waals surface area contributed by atoms with Crippen molar-refractivity contribution in [2.45, 2.75) is 73.1 Å². The molecule has 0 aliphatic carbocycles. The predicted octanol–water partition coefficient (Wildman–Crippen LogP) is 6.67. The maximum absolute atomic E-state index is 13.1. The number of aryl methyl sites for hydroxylation is 2. The monoisotopic (exact) mass is 483 g/mol. The Labute approximate surface area is 199 Å². The maximum atomic E-state index is 13.1. The molecule has 0 saturated carbocycles. The topological polar surface area (TPSA) is 38.3 Å². The number of rotatable bonds is 13. The number of nitrogens with one attached hydrogen (secondary N) is 1. The van der Waals surface area contributed by atoms with Gasteiger partial charge in [0, 0.05) is 45.7 Å². The van der Waals surface area contributed by atoms with Gasteiger partial charge in [-0.3, -0.25) is 4.79 Å². The Hall–Kier alpha value is 0.0239.